The Morgan fingerprint density at radius 3 is 2.03 bits per heavy atom. The van der Waals surface area contributed by atoms with Crippen molar-refractivity contribution in [3.63, 3.8) is 0 Å². The van der Waals surface area contributed by atoms with Gasteiger partial charge >= 0.3 is 0 Å². The number of rotatable bonds is 5. The molecule has 3 aliphatic rings. The molecular formula is C26H35NO3Si. The predicted molar refractivity (Wildman–Crippen MR) is 126 cm³/mol. The van der Waals surface area contributed by atoms with Crippen LogP contribution in [-0.2, 0) is 13.9 Å². The maximum atomic E-state index is 7.22. The molecule has 2 saturated carbocycles. The lowest BCUT2D eigenvalue weighted by Gasteiger charge is -2.44. The highest BCUT2D eigenvalue weighted by molar-refractivity contribution is 6.99. The maximum Gasteiger partial charge on any atom is 0.261 e. The Morgan fingerprint density at radius 1 is 0.968 bits per heavy atom. The third-order valence-corrected chi connectivity index (χ3v) is 12.6. The summed E-state index contributed by atoms with van der Waals surface area (Å²) in [6.07, 6.45) is 0.986. The molecule has 0 aromatic heterocycles. The molecule has 0 radical (unpaired) electrons. The molecule has 2 aliphatic carbocycles. The van der Waals surface area contributed by atoms with Gasteiger partial charge in [0.25, 0.3) is 8.32 Å². The Balaban J connectivity index is 1.52. The van der Waals surface area contributed by atoms with E-state index >= 15 is 0 Å². The van der Waals surface area contributed by atoms with Gasteiger partial charge in [0.1, 0.15) is 6.10 Å². The number of fused-ring (bicyclic) bond motifs is 3. The van der Waals surface area contributed by atoms with Crippen molar-refractivity contribution in [3.8, 4) is 0 Å². The third kappa shape index (κ3) is 3.25. The first kappa shape index (κ1) is 21.3. The summed E-state index contributed by atoms with van der Waals surface area (Å²) in [4.78, 5) is 0. The fourth-order valence-corrected chi connectivity index (χ4v) is 10.7. The van der Waals surface area contributed by atoms with Crippen molar-refractivity contribution < 1.29 is 13.9 Å². The van der Waals surface area contributed by atoms with Crippen molar-refractivity contribution in [3.05, 3.63) is 60.7 Å². The van der Waals surface area contributed by atoms with Crippen LogP contribution in [-0.4, -0.2) is 38.5 Å². The lowest BCUT2D eigenvalue weighted by atomic mass is 10.0. The van der Waals surface area contributed by atoms with Gasteiger partial charge < -0.3 is 19.6 Å². The van der Waals surface area contributed by atoms with Crippen molar-refractivity contribution in [2.45, 2.75) is 69.6 Å². The van der Waals surface area contributed by atoms with Crippen LogP contribution in [0, 0.1) is 11.8 Å². The van der Waals surface area contributed by atoms with E-state index in [2.05, 4.69) is 81.4 Å². The Bertz CT molecular complexity index is 903. The van der Waals surface area contributed by atoms with Crippen LogP contribution in [0.2, 0.25) is 5.04 Å². The molecule has 2 aromatic carbocycles. The van der Waals surface area contributed by atoms with Crippen LogP contribution in [0.5, 0.6) is 0 Å². The molecule has 0 spiro atoms. The number of hydrogen-bond acceptors (Lipinski definition) is 4. The highest BCUT2D eigenvalue weighted by Gasteiger charge is 2.74. The van der Waals surface area contributed by atoms with Gasteiger partial charge in [-0.05, 0) is 41.6 Å². The van der Waals surface area contributed by atoms with Gasteiger partial charge in [-0.1, -0.05) is 81.4 Å². The van der Waals surface area contributed by atoms with E-state index in [0.29, 0.717) is 12.5 Å². The standard InChI is InChI=1S/C26H35NO3Si/c1-24(2,3)31(18-12-8-6-9-13-18,19-14-10-7-11-15-19)28-17-20-21-16-26(21,27)23-22(20)29-25(4,5)30-23/h6-15,20-23H,16-17,27H2,1-5H3/t20-,21-,22+,23+,26-/m0/s1. The smallest absolute Gasteiger partial charge is 0.261 e. The van der Waals surface area contributed by atoms with E-state index < -0.39 is 14.1 Å². The molecule has 1 saturated heterocycles. The van der Waals surface area contributed by atoms with E-state index in [1.165, 1.54) is 10.4 Å². The SMILES string of the molecule is CC1(C)O[C@@H]2[C@@H](CO[Si](c3ccccc3)(c3ccccc3)C(C)(C)C)[C@@H]3C[C@@]3(N)[C@@H]2O1. The monoisotopic (exact) mass is 437 g/mol. The Kier molecular flexibility index (Phi) is 4.82. The van der Waals surface area contributed by atoms with Gasteiger partial charge in [0.15, 0.2) is 5.79 Å². The summed E-state index contributed by atoms with van der Waals surface area (Å²) < 4.78 is 19.8. The molecule has 0 amide bonds. The van der Waals surface area contributed by atoms with Crippen molar-refractivity contribution in [2.24, 2.45) is 17.6 Å². The number of ether oxygens (including phenoxy) is 2. The van der Waals surface area contributed by atoms with Crippen LogP contribution in [0.25, 0.3) is 0 Å². The molecule has 4 nitrogen and oxygen atoms in total. The predicted octanol–water partition coefficient (Wildman–Crippen LogP) is 3.43. The van der Waals surface area contributed by atoms with Gasteiger partial charge in [0.2, 0.25) is 0 Å². The number of hydrogen-bond donors (Lipinski definition) is 1. The quantitative estimate of drug-likeness (QED) is 0.728. The molecule has 5 rings (SSSR count). The fraction of sp³-hybridized carbons (Fsp3) is 0.538. The summed E-state index contributed by atoms with van der Waals surface area (Å²) in [5.41, 5.74) is 6.49. The van der Waals surface area contributed by atoms with E-state index in [4.69, 9.17) is 19.6 Å². The zero-order valence-electron chi connectivity index (χ0n) is 19.3. The Hall–Kier alpha value is -1.50. The minimum absolute atomic E-state index is 0.0111. The van der Waals surface area contributed by atoms with Gasteiger partial charge in [-0.3, -0.25) is 0 Å². The molecule has 0 bridgehead atoms. The van der Waals surface area contributed by atoms with Crippen LogP contribution in [0.4, 0.5) is 0 Å². The van der Waals surface area contributed by atoms with Crippen molar-refractivity contribution >= 4 is 18.7 Å². The highest BCUT2D eigenvalue weighted by Crippen LogP contribution is 2.62. The molecular weight excluding hydrogens is 402 g/mol. The van der Waals surface area contributed by atoms with Crippen molar-refractivity contribution in [2.75, 3.05) is 6.61 Å². The molecule has 2 N–H and O–H groups in total. The molecule has 1 aliphatic heterocycles. The Labute approximate surface area is 187 Å². The second-order valence-electron chi connectivity index (χ2n) is 11.1. The van der Waals surface area contributed by atoms with Gasteiger partial charge in [0.05, 0.1) is 6.10 Å². The molecule has 166 valence electrons. The number of benzene rings is 2. The van der Waals surface area contributed by atoms with E-state index in [9.17, 15) is 0 Å². The maximum absolute atomic E-state index is 7.22. The van der Waals surface area contributed by atoms with Crippen molar-refractivity contribution in [1.82, 2.24) is 0 Å². The summed E-state index contributed by atoms with van der Waals surface area (Å²) in [6.45, 7) is 11.6. The zero-order chi connectivity index (χ0) is 22.1. The Morgan fingerprint density at radius 2 is 1.52 bits per heavy atom. The third-order valence-electron chi connectivity index (χ3n) is 7.61. The van der Waals surface area contributed by atoms with Crippen molar-refractivity contribution in [1.29, 1.82) is 0 Å². The molecule has 5 atom stereocenters. The highest BCUT2D eigenvalue weighted by atomic mass is 28.4. The van der Waals surface area contributed by atoms with E-state index in [-0.39, 0.29) is 28.7 Å². The normalized spacial score (nSPS) is 33.7. The summed E-state index contributed by atoms with van der Waals surface area (Å²) in [6, 6.07) is 21.6. The van der Waals surface area contributed by atoms with Crippen LogP contribution in [0.3, 0.4) is 0 Å². The minimum Gasteiger partial charge on any atom is -0.407 e. The minimum atomic E-state index is -2.57. The molecule has 5 heteroatoms. The van der Waals surface area contributed by atoms with Gasteiger partial charge in [-0.25, -0.2) is 0 Å². The second kappa shape index (κ2) is 7.00. The molecule has 31 heavy (non-hydrogen) atoms. The lowest BCUT2D eigenvalue weighted by molar-refractivity contribution is -0.159. The molecule has 3 fully saturated rings. The summed E-state index contributed by atoms with van der Waals surface area (Å²) in [5.74, 6) is 0.0977. The number of nitrogens with two attached hydrogens (primary N) is 1. The summed E-state index contributed by atoms with van der Waals surface area (Å²) >= 11 is 0. The summed E-state index contributed by atoms with van der Waals surface area (Å²) in [7, 11) is -2.57. The first-order valence-corrected chi connectivity index (χ1v) is 13.4. The zero-order valence-corrected chi connectivity index (χ0v) is 20.3. The van der Waals surface area contributed by atoms with E-state index in [1.807, 2.05) is 13.8 Å². The molecule has 1 heterocycles. The average Bonchev–Trinajstić information content (AvgIpc) is 3.21. The fourth-order valence-electron chi connectivity index (χ4n) is 6.14. The van der Waals surface area contributed by atoms with E-state index in [1.54, 1.807) is 0 Å². The van der Waals surface area contributed by atoms with Crippen LogP contribution >= 0.6 is 0 Å². The second-order valence-corrected chi connectivity index (χ2v) is 15.4. The first-order valence-electron chi connectivity index (χ1n) is 11.5. The first-order chi connectivity index (χ1) is 14.6. The lowest BCUT2D eigenvalue weighted by Crippen LogP contribution is -2.67. The average molecular weight is 438 g/mol. The topological polar surface area (TPSA) is 53.7 Å². The van der Waals surface area contributed by atoms with E-state index in [0.717, 1.165) is 6.42 Å². The largest absolute Gasteiger partial charge is 0.407 e. The van der Waals surface area contributed by atoms with Crippen LogP contribution in [0.1, 0.15) is 41.0 Å². The summed E-state index contributed by atoms with van der Waals surface area (Å²) in [5, 5.41) is 2.58. The van der Waals surface area contributed by atoms with Crippen LogP contribution in [0.15, 0.2) is 60.7 Å². The molecule has 0 unspecified atom stereocenters. The van der Waals surface area contributed by atoms with Crippen LogP contribution < -0.4 is 16.1 Å². The van der Waals surface area contributed by atoms with Gasteiger partial charge in [0, 0.05) is 18.1 Å². The van der Waals surface area contributed by atoms with Gasteiger partial charge in [-0.15, -0.1) is 0 Å². The van der Waals surface area contributed by atoms with Gasteiger partial charge in [-0.2, -0.15) is 0 Å². The molecule has 2 aromatic rings.